The molecule has 0 atom stereocenters. The van der Waals surface area contributed by atoms with E-state index in [1.165, 1.54) is 6.20 Å². The lowest BCUT2D eigenvalue weighted by atomic mass is 10.1. The Hall–Kier alpha value is -2.07. The van der Waals surface area contributed by atoms with Gasteiger partial charge in [-0.3, -0.25) is 20.6 Å². The zero-order valence-electron chi connectivity index (χ0n) is 9.77. The summed E-state index contributed by atoms with van der Waals surface area (Å²) in [6.45, 7) is 1.86. The van der Waals surface area contributed by atoms with Crippen LogP contribution in [0.25, 0.3) is 0 Å². The molecule has 1 aromatic heterocycles. The molecule has 1 amide bonds. The summed E-state index contributed by atoms with van der Waals surface area (Å²) in [5.41, 5.74) is 7.52. The van der Waals surface area contributed by atoms with Crippen LogP contribution in [0.15, 0.2) is 42.7 Å². The van der Waals surface area contributed by atoms with Crippen LogP contribution in [0.5, 0.6) is 0 Å². The Bertz CT molecular complexity index is 572. The SMILES string of the molecule is Cc1ccncc1C(=O)NNc1cccc(Cl)c1. The molecular formula is C13H12ClN3O. The first-order chi connectivity index (χ1) is 8.66. The van der Waals surface area contributed by atoms with Crippen LogP contribution in [0.3, 0.4) is 0 Å². The van der Waals surface area contributed by atoms with Crippen LogP contribution < -0.4 is 10.9 Å². The van der Waals surface area contributed by atoms with Gasteiger partial charge in [0.05, 0.1) is 11.3 Å². The van der Waals surface area contributed by atoms with Gasteiger partial charge in [-0.2, -0.15) is 0 Å². The van der Waals surface area contributed by atoms with Crippen LogP contribution in [-0.2, 0) is 0 Å². The number of hydrogen-bond acceptors (Lipinski definition) is 3. The first-order valence-corrected chi connectivity index (χ1v) is 5.77. The number of benzene rings is 1. The zero-order chi connectivity index (χ0) is 13.0. The van der Waals surface area contributed by atoms with E-state index in [0.717, 1.165) is 11.3 Å². The van der Waals surface area contributed by atoms with Crippen molar-refractivity contribution in [3.05, 3.63) is 58.9 Å². The first-order valence-electron chi connectivity index (χ1n) is 5.39. The molecule has 0 aliphatic carbocycles. The normalized spacial score (nSPS) is 9.89. The number of hydrogen-bond donors (Lipinski definition) is 2. The van der Waals surface area contributed by atoms with Gasteiger partial charge in [-0.1, -0.05) is 17.7 Å². The molecule has 2 N–H and O–H groups in total. The predicted molar refractivity (Wildman–Crippen MR) is 71.5 cm³/mol. The molecule has 0 saturated heterocycles. The fourth-order valence-electron chi connectivity index (χ4n) is 1.46. The van der Waals surface area contributed by atoms with Crippen LogP contribution in [0.2, 0.25) is 5.02 Å². The van der Waals surface area contributed by atoms with Gasteiger partial charge in [0.1, 0.15) is 0 Å². The Morgan fingerprint density at radius 3 is 2.89 bits per heavy atom. The molecule has 0 aliphatic heterocycles. The van der Waals surface area contributed by atoms with Gasteiger partial charge in [0, 0.05) is 17.4 Å². The molecule has 0 aliphatic rings. The Morgan fingerprint density at radius 2 is 2.17 bits per heavy atom. The third-order valence-corrected chi connectivity index (χ3v) is 2.66. The first kappa shape index (κ1) is 12.4. The largest absolute Gasteiger partial charge is 0.298 e. The monoisotopic (exact) mass is 261 g/mol. The molecule has 0 radical (unpaired) electrons. The second kappa shape index (κ2) is 5.51. The van der Waals surface area contributed by atoms with E-state index in [9.17, 15) is 4.79 Å². The van der Waals surface area contributed by atoms with E-state index in [1.54, 1.807) is 30.5 Å². The Kier molecular flexibility index (Phi) is 3.79. The van der Waals surface area contributed by atoms with Gasteiger partial charge < -0.3 is 0 Å². The number of nitrogens with one attached hydrogen (secondary N) is 2. The number of rotatable bonds is 3. The number of amides is 1. The van der Waals surface area contributed by atoms with Crippen molar-refractivity contribution in [1.82, 2.24) is 10.4 Å². The van der Waals surface area contributed by atoms with Crippen LogP contribution >= 0.6 is 11.6 Å². The molecule has 92 valence electrons. The molecule has 0 unspecified atom stereocenters. The van der Waals surface area contributed by atoms with Crippen LogP contribution in [0.4, 0.5) is 5.69 Å². The van der Waals surface area contributed by atoms with Crippen molar-refractivity contribution in [2.24, 2.45) is 0 Å². The number of aryl methyl sites for hydroxylation is 1. The minimum absolute atomic E-state index is 0.236. The molecule has 0 fully saturated rings. The lowest BCUT2D eigenvalue weighted by molar-refractivity contribution is 0.0961. The van der Waals surface area contributed by atoms with E-state index < -0.39 is 0 Å². The molecule has 18 heavy (non-hydrogen) atoms. The fraction of sp³-hybridized carbons (Fsp3) is 0.0769. The van der Waals surface area contributed by atoms with E-state index in [1.807, 2.05) is 13.0 Å². The second-order valence-electron chi connectivity index (χ2n) is 3.78. The van der Waals surface area contributed by atoms with E-state index in [4.69, 9.17) is 11.6 Å². The summed E-state index contributed by atoms with van der Waals surface area (Å²) in [5, 5.41) is 0.604. The number of anilines is 1. The van der Waals surface area contributed by atoms with E-state index in [-0.39, 0.29) is 5.91 Å². The molecular weight excluding hydrogens is 250 g/mol. The Morgan fingerprint density at radius 1 is 1.33 bits per heavy atom. The fourth-order valence-corrected chi connectivity index (χ4v) is 1.65. The molecule has 2 rings (SSSR count). The third-order valence-electron chi connectivity index (χ3n) is 2.43. The van der Waals surface area contributed by atoms with Gasteiger partial charge in [-0.25, -0.2) is 0 Å². The summed E-state index contributed by atoms with van der Waals surface area (Å²) in [4.78, 5) is 15.8. The van der Waals surface area contributed by atoms with Crippen molar-refractivity contribution in [2.45, 2.75) is 6.92 Å². The maximum Gasteiger partial charge on any atom is 0.271 e. The van der Waals surface area contributed by atoms with Crippen molar-refractivity contribution in [1.29, 1.82) is 0 Å². The van der Waals surface area contributed by atoms with E-state index >= 15 is 0 Å². The summed E-state index contributed by atoms with van der Waals surface area (Å²) in [7, 11) is 0. The molecule has 1 heterocycles. The van der Waals surface area contributed by atoms with Gasteiger partial charge >= 0.3 is 0 Å². The topological polar surface area (TPSA) is 54.0 Å². The number of nitrogens with zero attached hydrogens (tertiary/aromatic N) is 1. The predicted octanol–water partition coefficient (Wildman–Crippen LogP) is 2.80. The molecule has 0 saturated carbocycles. The maximum atomic E-state index is 11.9. The molecule has 1 aromatic carbocycles. The number of hydrazine groups is 1. The molecule has 2 aromatic rings. The van der Waals surface area contributed by atoms with E-state index in [0.29, 0.717) is 10.6 Å². The zero-order valence-corrected chi connectivity index (χ0v) is 10.5. The highest BCUT2D eigenvalue weighted by molar-refractivity contribution is 6.30. The highest BCUT2D eigenvalue weighted by atomic mass is 35.5. The van der Waals surface area contributed by atoms with Crippen LogP contribution in [0, 0.1) is 6.92 Å². The smallest absolute Gasteiger partial charge is 0.271 e. The molecule has 0 bridgehead atoms. The Balaban J connectivity index is 2.03. The van der Waals surface area contributed by atoms with Crippen molar-refractivity contribution >= 4 is 23.2 Å². The van der Waals surface area contributed by atoms with Crippen molar-refractivity contribution in [3.63, 3.8) is 0 Å². The number of aromatic nitrogens is 1. The van der Waals surface area contributed by atoms with Gasteiger partial charge in [-0.15, -0.1) is 0 Å². The number of pyridine rings is 1. The highest BCUT2D eigenvalue weighted by Crippen LogP contribution is 2.14. The Labute approximate surface area is 110 Å². The summed E-state index contributed by atoms with van der Waals surface area (Å²) in [6, 6.07) is 8.88. The molecule has 4 nitrogen and oxygen atoms in total. The van der Waals surface area contributed by atoms with Gasteiger partial charge in [0.25, 0.3) is 5.91 Å². The minimum Gasteiger partial charge on any atom is -0.298 e. The van der Waals surface area contributed by atoms with Crippen molar-refractivity contribution < 1.29 is 4.79 Å². The number of carbonyl (C=O) groups is 1. The van der Waals surface area contributed by atoms with Gasteiger partial charge in [-0.05, 0) is 36.8 Å². The average Bonchev–Trinajstić information content (AvgIpc) is 2.37. The van der Waals surface area contributed by atoms with Crippen molar-refractivity contribution in [2.75, 3.05) is 5.43 Å². The summed E-state index contributed by atoms with van der Waals surface area (Å²) < 4.78 is 0. The quantitative estimate of drug-likeness (QED) is 0.836. The standard InChI is InChI=1S/C13H12ClN3O/c1-9-5-6-15-8-12(9)13(18)17-16-11-4-2-3-10(14)7-11/h2-8,16H,1H3,(H,17,18). The maximum absolute atomic E-state index is 11.9. The summed E-state index contributed by atoms with van der Waals surface area (Å²) in [6.07, 6.45) is 3.18. The summed E-state index contributed by atoms with van der Waals surface area (Å²) in [5.74, 6) is -0.236. The minimum atomic E-state index is -0.236. The van der Waals surface area contributed by atoms with Gasteiger partial charge in [0.2, 0.25) is 0 Å². The van der Waals surface area contributed by atoms with Gasteiger partial charge in [0.15, 0.2) is 0 Å². The number of halogens is 1. The van der Waals surface area contributed by atoms with Crippen LogP contribution in [-0.4, -0.2) is 10.9 Å². The second-order valence-corrected chi connectivity index (χ2v) is 4.22. The molecule has 5 heteroatoms. The average molecular weight is 262 g/mol. The highest BCUT2D eigenvalue weighted by Gasteiger charge is 2.07. The number of carbonyl (C=O) groups excluding carboxylic acids is 1. The van der Waals surface area contributed by atoms with Crippen LogP contribution in [0.1, 0.15) is 15.9 Å². The lowest BCUT2D eigenvalue weighted by Crippen LogP contribution is -2.29. The third kappa shape index (κ3) is 2.99. The van der Waals surface area contributed by atoms with Crippen molar-refractivity contribution in [3.8, 4) is 0 Å². The molecule has 0 spiro atoms. The van der Waals surface area contributed by atoms with E-state index in [2.05, 4.69) is 15.8 Å². The summed E-state index contributed by atoms with van der Waals surface area (Å²) >= 11 is 5.84. The lowest BCUT2D eigenvalue weighted by Gasteiger charge is -2.09.